The molecular formula is C23H30N4O2S. The number of fused-ring (bicyclic) bond motifs is 1. The van der Waals surface area contributed by atoms with E-state index >= 15 is 0 Å². The number of hydrogen-bond donors (Lipinski definition) is 1. The van der Waals surface area contributed by atoms with Crippen LogP contribution in [0.2, 0.25) is 0 Å². The Labute approximate surface area is 182 Å². The first-order valence-electron chi connectivity index (χ1n) is 10.8. The third-order valence-electron chi connectivity index (χ3n) is 6.28. The van der Waals surface area contributed by atoms with Crippen molar-refractivity contribution in [3.05, 3.63) is 39.9 Å². The number of carbonyl (C=O) groups is 2. The van der Waals surface area contributed by atoms with Gasteiger partial charge >= 0.3 is 0 Å². The molecule has 2 heterocycles. The van der Waals surface area contributed by atoms with Gasteiger partial charge in [-0.25, -0.2) is 4.98 Å². The Bertz CT molecular complexity index is 947. The van der Waals surface area contributed by atoms with Crippen molar-refractivity contribution in [1.82, 2.24) is 9.88 Å². The van der Waals surface area contributed by atoms with Crippen molar-refractivity contribution < 1.29 is 9.59 Å². The minimum absolute atomic E-state index is 0.00793. The Hall–Kier alpha value is -2.41. The van der Waals surface area contributed by atoms with Crippen LogP contribution in [0, 0.1) is 19.8 Å². The molecule has 1 N–H and O–H groups in total. The Morgan fingerprint density at radius 3 is 2.63 bits per heavy atom. The maximum Gasteiger partial charge on any atom is 0.227 e. The monoisotopic (exact) mass is 426 g/mol. The van der Waals surface area contributed by atoms with E-state index in [-0.39, 0.29) is 17.7 Å². The number of thiazole rings is 1. The Balaban J connectivity index is 1.37. The minimum Gasteiger partial charge on any atom is -0.345 e. The SMILES string of the molecule is CCC(=O)N1CCN(c2nc3c(s2)CC(C(=O)Nc2ccc(C)c(C)c2)CC3)CC1. The van der Waals surface area contributed by atoms with E-state index in [1.807, 2.05) is 30.0 Å². The molecule has 2 aliphatic rings. The van der Waals surface area contributed by atoms with E-state index < -0.39 is 0 Å². The molecule has 30 heavy (non-hydrogen) atoms. The summed E-state index contributed by atoms with van der Waals surface area (Å²) in [6.07, 6.45) is 3.02. The molecule has 1 fully saturated rings. The van der Waals surface area contributed by atoms with Crippen molar-refractivity contribution >= 4 is 34.0 Å². The van der Waals surface area contributed by atoms with Gasteiger partial charge < -0.3 is 15.1 Å². The lowest BCUT2D eigenvalue weighted by molar-refractivity contribution is -0.131. The summed E-state index contributed by atoms with van der Waals surface area (Å²) in [6.45, 7) is 9.23. The van der Waals surface area contributed by atoms with Gasteiger partial charge in [0.25, 0.3) is 0 Å². The molecule has 4 rings (SSSR count). The number of carbonyl (C=O) groups excluding carboxylic acids is 2. The predicted molar refractivity (Wildman–Crippen MR) is 121 cm³/mol. The standard InChI is InChI=1S/C23H30N4O2S/c1-4-21(28)26-9-11-27(12-10-26)23-25-19-8-6-17(14-20(19)30-23)22(29)24-18-7-5-15(2)16(3)13-18/h5,7,13,17H,4,6,8-12,14H2,1-3H3,(H,24,29). The summed E-state index contributed by atoms with van der Waals surface area (Å²) in [5.74, 6) is 0.322. The first-order chi connectivity index (χ1) is 14.4. The van der Waals surface area contributed by atoms with Crippen molar-refractivity contribution in [3.63, 3.8) is 0 Å². The van der Waals surface area contributed by atoms with Crippen LogP contribution < -0.4 is 10.2 Å². The van der Waals surface area contributed by atoms with Crippen LogP contribution in [-0.2, 0) is 22.4 Å². The van der Waals surface area contributed by atoms with Crippen molar-refractivity contribution in [2.75, 3.05) is 36.4 Å². The van der Waals surface area contributed by atoms with Crippen LogP contribution >= 0.6 is 11.3 Å². The molecule has 1 aliphatic carbocycles. The summed E-state index contributed by atoms with van der Waals surface area (Å²) in [4.78, 5) is 35.1. The quantitative estimate of drug-likeness (QED) is 0.812. The van der Waals surface area contributed by atoms with E-state index in [1.165, 1.54) is 16.0 Å². The zero-order valence-electron chi connectivity index (χ0n) is 18.0. The molecule has 0 radical (unpaired) electrons. The highest BCUT2D eigenvalue weighted by atomic mass is 32.1. The number of nitrogens with zero attached hydrogens (tertiary/aromatic N) is 3. The fourth-order valence-corrected chi connectivity index (χ4v) is 5.39. The molecule has 1 aliphatic heterocycles. The zero-order valence-corrected chi connectivity index (χ0v) is 18.8. The summed E-state index contributed by atoms with van der Waals surface area (Å²) in [7, 11) is 0. The lowest BCUT2D eigenvalue weighted by atomic mass is 9.90. The lowest BCUT2D eigenvalue weighted by Crippen LogP contribution is -2.48. The highest BCUT2D eigenvalue weighted by molar-refractivity contribution is 7.15. The second kappa shape index (κ2) is 8.76. The highest BCUT2D eigenvalue weighted by Crippen LogP contribution is 2.35. The predicted octanol–water partition coefficient (Wildman–Crippen LogP) is 3.56. The first kappa shape index (κ1) is 20.8. The van der Waals surface area contributed by atoms with E-state index in [1.54, 1.807) is 11.3 Å². The number of nitrogens with one attached hydrogen (secondary N) is 1. The number of aryl methyl sites for hydroxylation is 3. The number of piperazine rings is 1. The molecule has 0 spiro atoms. The number of benzene rings is 1. The molecule has 1 atom stereocenters. The summed E-state index contributed by atoms with van der Waals surface area (Å²) in [5.41, 5.74) is 4.44. The molecule has 0 saturated carbocycles. The van der Waals surface area contributed by atoms with E-state index in [9.17, 15) is 9.59 Å². The van der Waals surface area contributed by atoms with Gasteiger partial charge in [0.15, 0.2) is 5.13 Å². The van der Waals surface area contributed by atoms with Gasteiger partial charge in [0.1, 0.15) is 0 Å². The van der Waals surface area contributed by atoms with Gasteiger partial charge in [0.2, 0.25) is 11.8 Å². The fourth-order valence-electron chi connectivity index (χ4n) is 4.15. The molecule has 0 bridgehead atoms. The maximum absolute atomic E-state index is 12.8. The molecule has 2 amide bonds. The smallest absolute Gasteiger partial charge is 0.227 e. The van der Waals surface area contributed by atoms with Gasteiger partial charge in [0.05, 0.1) is 5.69 Å². The summed E-state index contributed by atoms with van der Waals surface area (Å²) in [6, 6.07) is 6.06. The van der Waals surface area contributed by atoms with Crippen LogP contribution in [0.15, 0.2) is 18.2 Å². The molecule has 2 aromatic rings. The van der Waals surface area contributed by atoms with Gasteiger partial charge in [0, 0.05) is 49.1 Å². The number of hydrogen-bond acceptors (Lipinski definition) is 5. The number of anilines is 2. The number of rotatable bonds is 4. The molecule has 6 nitrogen and oxygen atoms in total. The number of aromatic nitrogens is 1. The van der Waals surface area contributed by atoms with Gasteiger partial charge in [-0.1, -0.05) is 13.0 Å². The van der Waals surface area contributed by atoms with E-state index in [2.05, 4.69) is 24.1 Å². The third kappa shape index (κ3) is 4.36. The minimum atomic E-state index is -0.00793. The molecule has 7 heteroatoms. The van der Waals surface area contributed by atoms with Gasteiger partial charge in [-0.05, 0) is 56.4 Å². The average molecular weight is 427 g/mol. The van der Waals surface area contributed by atoms with Crippen molar-refractivity contribution in [2.45, 2.75) is 46.5 Å². The molecule has 1 unspecified atom stereocenters. The Morgan fingerprint density at radius 2 is 1.93 bits per heavy atom. The largest absolute Gasteiger partial charge is 0.345 e. The van der Waals surface area contributed by atoms with Crippen LogP contribution in [0.3, 0.4) is 0 Å². The lowest BCUT2D eigenvalue weighted by Gasteiger charge is -2.34. The van der Waals surface area contributed by atoms with Crippen molar-refractivity contribution in [2.24, 2.45) is 5.92 Å². The van der Waals surface area contributed by atoms with E-state index in [0.717, 1.165) is 62.0 Å². The summed E-state index contributed by atoms with van der Waals surface area (Å²) >= 11 is 1.72. The van der Waals surface area contributed by atoms with E-state index in [0.29, 0.717) is 6.42 Å². The van der Waals surface area contributed by atoms with Gasteiger partial charge in [-0.3, -0.25) is 9.59 Å². The zero-order chi connectivity index (χ0) is 21.3. The second-order valence-electron chi connectivity index (χ2n) is 8.32. The molecule has 1 aromatic heterocycles. The Morgan fingerprint density at radius 1 is 1.17 bits per heavy atom. The molecular weight excluding hydrogens is 396 g/mol. The summed E-state index contributed by atoms with van der Waals surface area (Å²) < 4.78 is 0. The Kier molecular flexibility index (Phi) is 6.09. The van der Waals surface area contributed by atoms with Gasteiger partial charge in [-0.15, -0.1) is 11.3 Å². The topological polar surface area (TPSA) is 65.5 Å². The van der Waals surface area contributed by atoms with Crippen molar-refractivity contribution in [1.29, 1.82) is 0 Å². The normalized spacial score (nSPS) is 18.8. The fraction of sp³-hybridized carbons (Fsp3) is 0.522. The van der Waals surface area contributed by atoms with E-state index in [4.69, 9.17) is 4.98 Å². The molecule has 1 aromatic carbocycles. The maximum atomic E-state index is 12.8. The summed E-state index contributed by atoms with van der Waals surface area (Å²) in [5, 5.41) is 4.14. The van der Waals surface area contributed by atoms with Crippen LogP contribution in [0.1, 0.15) is 41.5 Å². The number of amides is 2. The first-order valence-corrected chi connectivity index (χ1v) is 11.7. The third-order valence-corrected chi connectivity index (χ3v) is 7.46. The van der Waals surface area contributed by atoms with Crippen LogP contribution in [0.4, 0.5) is 10.8 Å². The average Bonchev–Trinajstić information content (AvgIpc) is 3.19. The molecule has 160 valence electrons. The van der Waals surface area contributed by atoms with Crippen LogP contribution in [-0.4, -0.2) is 47.9 Å². The molecule has 1 saturated heterocycles. The van der Waals surface area contributed by atoms with Gasteiger partial charge in [-0.2, -0.15) is 0 Å². The van der Waals surface area contributed by atoms with Crippen LogP contribution in [0.25, 0.3) is 0 Å². The second-order valence-corrected chi connectivity index (χ2v) is 9.38. The highest BCUT2D eigenvalue weighted by Gasteiger charge is 2.29. The van der Waals surface area contributed by atoms with Crippen LogP contribution in [0.5, 0.6) is 0 Å². The van der Waals surface area contributed by atoms with Crippen molar-refractivity contribution in [3.8, 4) is 0 Å².